The van der Waals surface area contributed by atoms with E-state index in [9.17, 15) is 5.11 Å². The fourth-order valence-corrected chi connectivity index (χ4v) is 2.26. The average molecular weight is 290 g/mol. The van der Waals surface area contributed by atoms with Crippen molar-refractivity contribution < 1.29 is 20.0 Å². The fourth-order valence-electron chi connectivity index (χ4n) is 2.26. The fraction of sp³-hybridized carbons (Fsp3) is 0.412. The highest BCUT2D eigenvalue weighted by Gasteiger charge is 2.28. The molecule has 0 bridgehead atoms. The van der Waals surface area contributed by atoms with Gasteiger partial charge in [-0.1, -0.05) is 12.2 Å². The number of fused-ring (bicyclic) bond motifs is 1. The summed E-state index contributed by atoms with van der Waals surface area (Å²) in [5.41, 5.74) is 0.451. The van der Waals surface area contributed by atoms with Gasteiger partial charge in [-0.2, -0.15) is 0 Å². The molecule has 0 radical (unpaired) electrons. The molecule has 0 spiro atoms. The molecule has 1 aliphatic rings. The van der Waals surface area contributed by atoms with Crippen LogP contribution < -0.4 is 4.74 Å². The highest BCUT2D eigenvalue weighted by atomic mass is 17.1. The monoisotopic (exact) mass is 290 g/mol. The van der Waals surface area contributed by atoms with Gasteiger partial charge in [0.15, 0.2) is 0 Å². The van der Waals surface area contributed by atoms with Gasteiger partial charge in [0.05, 0.1) is 5.56 Å². The molecule has 0 aliphatic carbocycles. The van der Waals surface area contributed by atoms with Crippen LogP contribution in [0.25, 0.3) is 6.08 Å². The lowest BCUT2D eigenvalue weighted by Gasteiger charge is -2.31. The highest BCUT2D eigenvalue weighted by molar-refractivity contribution is 5.67. The zero-order chi connectivity index (χ0) is 15.7. The molecule has 4 nitrogen and oxygen atoms in total. The second kappa shape index (κ2) is 5.54. The quantitative estimate of drug-likeness (QED) is 0.498. The van der Waals surface area contributed by atoms with E-state index in [4.69, 9.17) is 9.99 Å². The standard InChI is InChI=1S/C17H22O4/c1-12-10-14(18)13-6-9-17(4,20-15(13)11-12)8-5-7-16(2,3)21-19/h5-7,9-11,18-19H,8H2,1-4H3. The van der Waals surface area contributed by atoms with Crippen molar-refractivity contribution in [2.24, 2.45) is 0 Å². The summed E-state index contributed by atoms with van der Waals surface area (Å²) in [6.07, 6.45) is 8.15. The number of hydrogen-bond donors (Lipinski definition) is 2. The third-order valence-corrected chi connectivity index (χ3v) is 3.49. The molecule has 1 aromatic rings. The van der Waals surface area contributed by atoms with Crippen molar-refractivity contribution in [3.8, 4) is 11.5 Å². The van der Waals surface area contributed by atoms with E-state index in [0.717, 1.165) is 5.56 Å². The largest absolute Gasteiger partial charge is 0.507 e. The normalized spacial score (nSPS) is 21.4. The Morgan fingerprint density at radius 1 is 1.38 bits per heavy atom. The maximum absolute atomic E-state index is 9.93. The first kappa shape index (κ1) is 15.6. The Balaban J connectivity index is 2.17. The van der Waals surface area contributed by atoms with Gasteiger partial charge in [-0.05, 0) is 57.5 Å². The summed E-state index contributed by atoms with van der Waals surface area (Å²) in [6.45, 7) is 7.42. The summed E-state index contributed by atoms with van der Waals surface area (Å²) in [5, 5.41) is 18.7. The van der Waals surface area contributed by atoms with E-state index in [1.54, 1.807) is 26.0 Å². The van der Waals surface area contributed by atoms with Crippen molar-refractivity contribution >= 4 is 6.08 Å². The Hall–Kier alpha value is -1.78. The molecule has 1 unspecified atom stereocenters. The van der Waals surface area contributed by atoms with Crippen LogP contribution in [-0.2, 0) is 4.89 Å². The van der Waals surface area contributed by atoms with Crippen LogP contribution >= 0.6 is 0 Å². The van der Waals surface area contributed by atoms with Crippen LogP contribution in [0.5, 0.6) is 11.5 Å². The third-order valence-electron chi connectivity index (χ3n) is 3.49. The van der Waals surface area contributed by atoms with Crippen molar-refractivity contribution in [3.63, 3.8) is 0 Å². The Labute approximate surface area is 125 Å². The van der Waals surface area contributed by atoms with E-state index in [-0.39, 0.29) is 5.75 Å². The minimum Gasteiger partial charge on any atom is -0.507 e. The van der Waals surface area contributed by atoms with E-state index in [2.05, 4.69) is 4.89 Å². The Morgan fingerprint density at radius 3 is 2.76 bits per heavy atom. The zero-order valence-corrected chi connectivity index (χ0v) is 12.9. The van der Waals surface area contributed by atoms with Crippen LogP contribution in [0.3, 0.4) is 0 Å². The van der Waals surface area contributed by atoms with Crippen LogP contribution in [0, 0.1) is 6.92 Å². The summed E-state index contributed by atoms with van der Waals surface area (Å²) in [4.78, 5) is 4.37. The number of benzene rings is 1. The van der Waals surface area contributed by atoms with Crippen molar-refractivity contribution in [3.05, 3.63) is 41.5 Å². The molecule has 0 saturated heterocycles. The van der Waals surface area contributed by atoms with Crippen molar-refractivity contribution in [2.75, 3.05) is 0 Å². The first-order chi connectivity index (χ1) is 9.75. The average Bonchev–Trinajstić information content (AvgIpc) is 2.37. The van der Waals surface area contributed by atoms with E-state index >= 15 is 0 Å². The summed E-state index contributed by atoms with van der Waals surface area (Å²) in [7, 11) is 0. The van der Waals surface area contributed by atoms with Crippen molar-refractivity contribution in [1.82, 2.24) is 0 Å². The minimum atomic E-state index is -0.721. The predicted molar refractivity (Wildman–Crippen MR) is 82.5 cm³/mol. The first-order valence-electron chi connectivity index (χ1n) is 6.97. The number of aryl methyl sites for hydroxylation is 1. The summed E-state index contributed by atoms with van der Waals surface area (Å²) in [5.74, 6) is 0.914. The zero-order valence-electron chi connectivity index (χ0n) is 12.9. The van der Waals surface area contributed by atoms with Gasteiger partial charge in [-0.15, -0.1) is 0 Å². The highest BCUT2D eigenvalue weighted by Crippen LogP contribution is 2.38. The molecular formula is C17H22O4. The topological polar surface area (TPSA) is 58.9 Å². The molecule has 0 amide bonds. The van der Waals surface area contributed by atoms with Crippen LogP contribution in [0.15, 0.2) is 30.4 Å². The lowest BCUT2D eigenvalue weighted by molar-refractivity contribution is -0.297. The maximum Gasteiger partial charge on any atom is 0.131 e. The van der Waals surface area contributed by atoms with E-state index in [1.807, 2.05) is 38.1 Å². The number of rotatable bonds is 4. The minimum absolute atomic E-state index is 0.230. The molecule has 114 valence electrons. The molecule has 0 aromatic heterocycles. The SMILES string of the molecule is Cc1cc(O)c2c(c1)OC(C)(CC=CC(C)(C)OO)C=C2. The molecular weight excluding hydrogens is 268 g/mol. The van der Waals surface area contributed by atoms with Gasteiger partial charge < -0.3 is 9.84 Å². The molecule has 0 saturated carbocycles. The second-order valence-electron chi connectivity index (χ2n) is 6.25. The van der Waals surface area contributed by atoms with E-state index in [0.29, 0.717) is 17.7 Å². The number of hydrogen-bond acceptors (Lipinski definition) is 4. The van der Waals surface area contributed by atoms with Crippen LogP contribution in [0.1, 0.15) is 38.3 Å². The number of phenols is 1. The number of phenolic OH excluding ortho intramolecular Hbond substituents is 1. The molecule has 2 N–H and O–H groups in total. The summed E-state index contributed by atoms with van der Waals surface area (Å²) >= 11 is 0. The molecule has 1 aliphatic heterocycles. The maximum atomic E-state index is 9.93. The molecule has 1 aromatic carbocycles. The molecule has 1 atom stereocenters. The molecule has 1 heterocycles. The van der Waals surface area contributed by atoms with Crippen molar-refractivity contribution in [1.29, 1.82) is 0 Å². The summed E-state index contributed by atoms with van der Waals surface area (Å²) in [6, 6.07) is 3.64. The Morgan fingerprint density at radius 2 is 2.10 bits per heavy atom. The number of aromatic hydroxyl groups is 1. The summed E-state index contributed by atoms with van der Waals surface area (Å²) < 4.78 is 6.03. The van der Waals surface area contributed by atoms with Crippen LogP contribution in [0.4, 0.5) is 0 Å². The second-order valence-corrected chi connectivity index (χ2v) is 6.25. The van der Waals surface area contributed by atoms with Gasteiger partial charge in [0, 0.05) is 6.42 Å². The number of ether oxygens (including phenoxy) is 1. The van der Waals surface area contributed by atoms with Crippen molar-refractivity contribution in [2.45, 2.75) is 45.3 Å². The third kappa shape index (κ3) is 3.65. The Bertz CT molecular complexity index is 587. The lowest BCUT2D eigenvalue weighted by atomic mass is 9.94. The molecule has 21 heavy (non-hydrogen) atoms. The van der Waals surface area contributed by atoms with E-state index < -0.39 is 11.2 Å². The van der Waals surface area contributed by atoms with Gasteiger partial charge in [-0.25, -0.2) is 4.89 Å². The van der Waals surface area contributed by atoms with Gasteiger partial charge in [0.2, 0.25) is 0 Å². The predicted octanol–water partition coefficient (Wildman–Crippen LogP) is 4.08. The van der Waals surface area contributed by atoms with Crippen LogP contribution in [0.2, 0.25) is 0 Å². The molecule has 0 fully saturated rings. The Kier molecular flexibility index (Phi) is 4.12. The van der Waals surface area contributed by atoms with E-state index in [1.165, 1.54) is 0 Å². The lowest BCUT2D eigenvalue weighted by Crippen LogP contribution is -2.31. The van der Waals surface area contributed by atoms with Crippen LogP contribution in [-0.4, -0.2) is 21.6 Å². The first-order valence-corrected chi connectivity index (χ1v) is 6.97. The molecule has 2 rings (SSSR count). The smallest absolute Gasteiger partial charge is 0.131 e. The van der Waals surface area contributed by atoms with Gasteiger partial charge in [-0.3, -0.25) is 5.26 Å². The van der Waals surface area contributed by atoms with Gasteiger partial charge in [0.1, 0.15) is 22.7 Å². The van der Waals surface area contributed by atoms with Gasteiger partial charge >= 0.3 is 0 Å². The van der Waals surface area contributed by atoms with Gasteiger partial charge in [0.25, 0.3) is 0 Å². The molecule has 4 heteroatoms.